The molecule has 0 spiro atoms. The van der Waals surface area contributed by atoms with E-state index < -0.39 is 0 Å². The van der Waals surface area contributed by atoms with Crippen molar-refractivity contribution in [3.8, 4) is 5.75 Å². The normalized spacial score (nSPS) is 12.6. The van der Waals surface area contributed by atoms with Crippen LogP contribution in [0.1, 0.15) is 24.8 Å². The summed E-state index contributed by atoms with van der Waals surface area (Å²) in [6.07, 6.45) is 3.11. The van der Waals surface area contributed by atoms with Gasteiger partial charge in [0.1, 0.15) is 6.29 Å². The number of methoxy groups -OCH3 is 1. The van der Waals surface area contributed by atoms with Crippen molar-refractivity contribution in [2.75, 3.05) is 7.11 Å². The summed E-state index contributed by atoms with van der Waals surface area (Å²) >= 11 is 0. The third-order valence-electron chi connectivity index (χ3n) is 2.81. The molecule has 0 saturated carbocycles. The average Bonchev–Trinajstić information content (AvgIpc) is 2.76. The quantitative estimate of drug-likeness (QED) is 0.740. The van der Waals surface area contributed by atoms with Crippen LogP contribution in [-0.2, 0) is 4.79 Å². The molecule has 3 heteroatoms. The molecule has 0 amide bonds. The zero-order valence-electron chi connectivity index (χ0n) is 9.40. The van der Waals surface area contributed by atoms with Crippen molar-refractivity contribution in [1.29, 1.82) is 0 Å². The fraction of sp³-hybridized carbons (Fsp3) is 0.308. The van der Waals surface area contributed by atoms with Crippen LogP contribution in [0.4, 0.5) is 0 Å². The third kappa shape index (κ3) is 1.69. The van der Waals surface area contributed by atoms with Gasteiger partial charge in [-0.2, -0.15) is 0 Å². The lowest BCUT2D eigenvalue weighted by atomic mass is 9.95. The summed E-state index contributed by atoms with van der Waals surface area (Å²) in [7, 11) is 1.62. The lowest BCUT2D eigenvalue weighted by Crippen LogP contribution is -1.95. The molecule has 2 aromatic rings. The molecule has 0 bridgehead atoms. The maximum atomic E-state index is 10.5. The SMILES string of the molecule is COc1ccc(C(C)CC=O)c2ccoc12. The molecular weight excluding hydrogens is 204 g/mol. The maximum absolute atomic E-state index is 10.5. The van der Waals surface area contributed by atoms with E-state index in [1.165, 1.54) is 0 Å². The molecule has 0 radical (unpaired) electrons. The van der Waals surface area contributed by atoms with E-state index in [0.29, 0.717) is 6.42 Å². The number of aldehydes is 1. The Labute approximate surface area is 94.0 Å². The number of benzene rings is 1. The van der Waals surface area contributed by atoms with Crippen molar-refractivity contribution < 1.29 is 13.9 Å². The van der Waals surface area contributed by atoms with Gasteiger partial charge in [0.25, 0.3) is 0 Å². The van der Waals surface area contributed by atoms with Gasteiger partial charge in [-0.3, -0.25) is 0 Å². The molecule has 0 saturated heterocycles. The number of rotatable bonds is 4. The monoisotopic (exact) mass is 218 g/mol. The number of fused-ring (bicyclic) bond motifs is 1. The van der Waals surface area contributed by atoms with E-state index in [2.05, 4.69) is 0 Å². The zero-order chi connectivity index (χ0) is 11.5. The number of furan rings is 1. The van der Waals surface area contributed by atoms with Crippen LogP contribution in [0.5, 0.6) is 5.75 Å². The lowest BCUT2D eigenvalue weighted by Gasteiger charge is -2.10. The van der Waals surface area contributed by atoms with Crippen LogP contribution in [-0.4, -0.2) is 13.4 Å². The number of carbonyl (C=O) groups excluding carboxylic acids is 1. The first-order valence-electron chi connectivity index (χ1n) is 5.25. The van der Waals surface area contributed by atoms with E-state index in [9.17, 15) is 4.79 Å². The highest BCUT2D eigenvalue weighted by atomic mass is 16.5. The minimum Gasteiger partial charge on any atom is -0.493 e. The number of carbonyl (C=O) groups is 1. The fourth-order valence-corrected chi connectivity index (χ4v) is 1.92. The Bertz CT molecular complexity index is 499. The van der Waals surface area contributed by atoms with Gasteiger partial charge in [0.2, 0.25) is 0 Å². The highest BCUT2D eigenvalue weighted by Crippen LogP contribution is 2.33. The van der Waals surface area contributed by atoms with E-state index in [0.717, 1.165) is 28.6 Å². The Balaban J connectivity index is 2.55. The minimum atomic E-state index is 0.198. The summed E-state index contributed by atoms with van der Waals surface area (Å²) < 4.78 is 10.6. The van der Waals surface area contributed by atoms with E-state index in [4.69, 9.17) is 9.15 Å². The molecule has 1 unspecified atom stereocenters. The maximum Gasteiger partial charge on any atom is 0.175 e. The summed E-state index contributed by atoms with van der Waals surface area (Å²) in [6, 6.07) is 5.78. The first-order valence-corrected chi connectivity index (χ1v) is 5.25. The number of hydrogen-bond donors (Lipinski definition) is 0. The molecule has 0 fully saturated rings. The van der Waals surface area contributed by atoms with Crippen LogP contribution in [0.15, 0.2) is 28.9 Å². The molecule has 0 aliphatic heterocycles. The summed E-state index contributed by atoms with van der Waals surface area (Å²) in [6.45, 7) is 2.03. The van der Waals surface area contributed by atoms with Gasteiger partial charge in [-0.25, -0.2) is 0 Å². The highest BCUT2D eigenvalue weighted by Gasteiger charge is 2.13. The van der Waals surface area contributed by atoms with Crippen LogP contribution in [0.25, 0.3) is 11.0 Å². The van der Waals surface area contributed by atoms with Crippen molar-refractivity contribution >= 4 is 17.3 Å². The molecule has 1 aromatic heterocycles. The molecule has 3 nitrogen and oxygen atoms in total. The van der Waals surface area contributed by atoms with E-state index in [1.807, 2.05) is 25.1 Å². The van der Waals surface area contributed by atoms with Gasteiger partial charge in [0, 0.05) is 11.8 Å². The fourth-order valence-electron chi connectivity index (χ4n) is 1.92. The van der Waals surface area contributed by atoms with Crippen molar-refractivity contribution in [2.45, 2.75) is 19.3 Å². The molecule has 16 heavy (non-hydrogen) atoms. The molecule has 2 rings (SSSR count). The van der Waals surface area contributed by atoms with Gasteiger partial charge in [0.15, 0.2) is 11.3 Å². The highest BCUT2D eigenvalue weighted by molar-refractivity contribution is 5.87. The lowest BCUT2D eigenvalue weighted by molar-refractivity contribution is -0.108. The van der Waals surface area contributed by atoms with Gasteiger partial charge >= 0.3 is 0 Å². The van der Waals surface area contributed by atoms with Crippen LogP contribution < -0.4 is 4.74 Å². The van der Waals surface area contributed by atoms with Gasteiger partial charge in [-0.15, -0.1) is 0 Å². The van der Waals surface area contributed by atoms with Crippen LogP contribution in [0.3, 0.4) is 0 Å². The molecule has 1 aromatic carbocycles. The first-order chi connectivity index (χ1) is 7.77. The predicted octanol–water partition coefficient (Wildman–Crippen LogP) is 3.13. The van der Waals surface area contributed by atoms with E-state index in [-0.39, 0.29) is 5.92 Å². The third-order valence-corrected chi connectivity index (χ3v) is 2.81. The number of hydrogen-bond acceptors (Lipinski definition) is 3. The molecule has 0 aliphatic carbocycles. The standard InChI is InChI=1S/C13H14O3/c1-9(5-7-14)10-3-4-12(15-2)13-11(10)6-8-16-13/h3-4,6-9H,5H2,1-2H3. The van der Waals surface area contributed by atoms with Gasteiger partial charge in [-0.1, -0.05) is 13.0 Å². The van der Waals surface area contributed by atoms with Gasteiger partial charge in [0.05, 0.1) is 13.4 Å². The summed E-state index contributed by atoms with van der Waals surface area (Å²) in [5, 5.41) is 1.02. The molecule has 84 valence electrons. The van der Waals surface area contributed by atoms with Crippen LogP contribution >= 0.6 is 0 Å². The molecule has 0 aliphatic rings. The smallest absolute Gasteiger partial charge is 0.175 e. The minimum absolute atomic E-state index is 0.198. The summed E-state index contributed by atoms with van der Waals surface area (Å²) in [4.78, 5) is 10.5. The molecule has 0 N–H and O–H groups in total. The predicted molar refractivity (Wildman–Crippen MR) is 61.9 cm³/mol. The molecule has 1 heterocycles. The summed E-state index contributed by atoms with van der Waals surface area (Å²) in [5.74, 6) is 0.922. The topological polar surface area (TPSA) is 39.4 Å². The molecular formula is C13H14O3. The molecule has 1 atom stereocenters. The second-order valence-corrected chi connectivity index (χ2v) is 3.82. The number of ether oxygens (including phenoxy) is 1. The van der Waals surface area contributed by atoms with Gasteiger partial charge in [-0.05, 0) is 23.6 Å². The van der Waals surface area contributed by atoms with Crippen molar-refractivity contribution in [3.05, 3.63) is 30.0 Å². The van der Waals surface area contributed by atoms with Crippen LogP contribution in [0.2, 0.25) is 0 Å². The zero-order valence-corrected chi connectivity index (χ0v) is 9.40. The van der Waals surface area contributed by atoms with E-state index >= 15 is 0 Å². The Morgan fingerprint density at radius 3 is 2.94 bits per heavy atom. The largest absolute Gasteiger partial charge is 0.493 e. The Kier molecular flexibility index (Phi) is 2.95. The second-order valence-electron chi connectivity index (χ2n) is 3.82. The Morgan fingerprint density at radius 1 is 1.44 bits per heavy atom. The summed E-state index contributed by atoms with van der Waals surface area (Å²) in [5.41, 5.74) is 1.87. The van der Waals surface area contributed by atoms with E-state index in [1.54, 1.807) is 13.4 Å². The Hall–Kier alpha value is -1.77. The van der Waals surface area contributed by atoms with Gasteiger partial charge < -0.3 is 13.9 Å². The first kappa shape index (κ1) is 10.7. The van der Waals surface area contributed by atoms with Crippen molar-refractivity contribution in [1.82, 2.24) is 0 Å². The van der Waals surface area contributed by atoms with Crippen LogP contribution in [0, 0.1) is 0 Å². The average molecular weight is 218 g/mol. The van der Waals surface area contributed by atoms with Crippen molar-refractivity contribution in [2.24, 2.45) is 0 Å². The second kappa shape index (κ2) is 4.39. The van der Waals surface area contributed by atoms with Crippen molar-refractivity contribution in [3.63, 3.8) is 0 Å². The Morgan fingerprint density at radius 2 is 2.25 bits per heavy atom.